The van der Waals surface area contributed by atoms with E-state index in [1.807, 2.05) is 167 Å². The summed E-state index contributed by atoms with van der Waals surface area (Å²) in [5.41, 5.74) is 12.0. The Kier molecular flexibility index (Phi) is 46.8. The maximum absolute atomic E-state index is 16.4. The van der Waals surface area contributed by atoms with Gasteiger partial charge in [0, 0.05) is 69.8 Å². The van der Waals surface area contributed by atoms with Crippen LogP contribution in [0.15, 0.2) is 182 Å². The van der Waals surface area contributed by atoms with E-state index < -0.39 is 221 Å². The lowest BCUT2D eigenvalue weighted by Gasteiger charge is -2.48. The van der Waals surface area contributed by atoms with Gasteiger partial charge in [0.25, 0.3) is 0 Å². The average molecular weight is 2220 g/mol. The van der Waals surface area contributed by atoms with Crippen LogP contribution in [0.3, 0.4) is 0 Å². The van der Waals surface area contributed by atoms with Crippen molar-refractivity contribution in [3.05, 3.63) is 235 Å². The molecule has 0 spiro atoms. The number of phenolic OH excluding ortho intramolecular Hbond substituents is 1. The standard InChI is InChI=1S/C111H150IN15O21S2/c1-17-69(4)96(105(141)120-82(97(133)115-62-73-35-33-72(61-114)34-36-73)46-49-92(129)126-111(75-27-21-18-22-28-75,76-29-23-19-24-30-76)77-31-25-20-26-32-77)125-102(138)87(58-71-39-44-79(45-40-71)146-108(8,9)10)121-103(139)88-66-149-150-67-89(124-99(135)83(47-50-95(132)148-110(14,15)16)119-101(137)86(118-94(131)65-144-54-53-143-52-51-113)57-70-37-42-78(43-38-70)145-107(5,6)7)106(142)127-64-80(147-109(11,12)13)60-90(127)104(140)122-85(59-74-41-48-91(128)81(112)56-74)98(134)116-63-93(130)117-84(55-68(2)3)100(136)123-88/h18-45,48,56,68-69,80,82-90,96H,17,46-47,49-55,57-67,113-114H2,1-16H3,(H13,115,116,117,118,119,120,121,122,123,124,125,126,128,129,130,131,133,134,135,136,137,138,139,140,141)/p-1/t69?,80-,82+,83-,84+,85+,86+,87+,88+,89+,90-,96+/m1/s1. The molecule has 13 amide bonds. The van der Waals surface area contributed by atoms with Gasteiger partial charge in [-0.05, 0) is 213 Å². The van der Waals surface area contributed by atoms with Gasteiger partial charge in [-0.2, -0.15) is 0 Å². The lowest BCUT2D eigenvalue weighted by atomic mass is 9.77. The lowest BCUT2D eigenvalue weighted by Crippen LogP contribution is -2.61. The number of carbonyl (C=O) groups is 14. The number of amides is 13. The Morgan fingerprint density at radius 1 is 0.540 bits per heavy atom. The number of halogens is 1. The molecule has 12 atom stereocenters. The van der Waals surface area contributed by atoms with Gasteiger partial charge in [0.1, 0.15) is 101 Å². The smallest absolute Gasteiger partial charge is 0.306 e. The van der Waals surface area contributed by atoms with Gasteiger partial charge in [-0.3, -0.25) is 62.3 Å². The molecule has 7 aromatic rings. The number of carbonyl (C=O) groups excluding carboxylic acids is 14. The number of ether oxygens (including phenoxy) is 6. The third kappa shape index (κ3) is 39.8. The fourth-order valence-electron chi connectivity index (χ4n) is 16.8. The van der Waals surface area contributed by atoms with Crippen molar-refractivity contribution in [1.29, 1.82) is 0 Å². The zero-order chi connectivity index (χ0) is 110. The van der Waals surface area contributed by atoms with Crippen molar-refractivity contribution in [3.8, 4) is 17.2 Å². The highest BCUT2D eigenvalue weighted by Crippen LogP contribution is 2.45. The molecule has 2 aliphatic rings. The predicted octanol–water partition coefficient (Wildman–Crippen LogP) is 9.69. The van der Waals surface area contributed by atoms with Crippen LogP contribution in [0.4, 0.5) is 0 Å². The van der Waals surface area contributed by atoms with Crippen molar-refractivity contribution in [3.63, 3.8) is 0 Å². The van der Waals surface area contributed by atoms with E-state index in [0.717, 1.165) is 27.2 Å². The summed E-state index contributed by atoms with van der Waals surface area (Å²) in [7, 11) is 1.80. The molecule has 0 aliphatic carbocycles. The third-order valence-electron chi connectivity index (χ3n) is 24.1. The summed E-state index contributed by atoms with van der Waals surface area (Å²) in [6, 6.07) is 37.5. The first-order valence-corrected chi connectivity index (χ1v) is 54.3. The Morgan fingerprint density at radius 3 is 1.61 bits per heavy atom. The van der Waals surface area contributed by atoms with Crippen molar-refractivity contribution in [1.82, 2.24) is 63.4 Å². The minimum Gasteiger partial charge on any atom is -0.637 e. The normalized spacial score (nSPS) is 18.1. The molecule has 0 saturated carbocycles. The van der Waals surface area contributed by atoms with Crippen LogP contribution in [0.5, 0.6) is 17.2 Å². The summed E-state index contributed by atoms with van der Waals surface area (Å²) < 4.78 is 36.0. The van der Waals surface area contributed by atoms with Crippen LogP contribution in [0.25, 0.3) is 5.32 Å². The second-order valence-corrected chi connectivity index (χ2v) is 45.5. The molecule has 1 unspecified atom stereocenters. The molecule has 9 rings (SSSR count). The maximum atomic E-state index is 16.4. The van der Waals surface area contributed by atoms with E-state index in [-0.39, 0.29) is 109 Å². The Labute approximate surface area is 901 Å². The Balaban J connectivity index is 1.11. The van der Waals surface area contributed by atoms with E-state index in [0.29, 0.717) is 54.0 Å². The quantitative estimate of drug-likeness (QED) is 0.00555. The van der Waals surface area contributed by atoms with Gasteiger partial charge in [-0.25, -0.2) is 0 Å². The summed E-state index contributed by atoms with van der Waals surface area (Å²) in [5, 5.41) is 46.7. The molecule has 150 heavy (non-hydrogen) atoms. The van der Waals surface area contributed by atoms with Gasteiger partial charge in [-0.1, -0.05) is 218 Å². The van der Waals surface area contributed by atoms with Crippen LogP contribution in [0.1, 0.15) is 200 Å². The van der Waals surface area contributed by atoms with Gasteiger partial charge in [0.15, 0.2) is 0 Å². The van der Waals surface area contributed by atoms with E-state index in [2.05, 4.69) is 58.5 Å². The summed E-state index contributed by atoms with van der Waals surface area (Å²) in [4.78, 5) is 215. The summed E-state index contributed by atoms with van der Waals surface area (Å²) in [6.07, 6.45) is -3.28. The minimum atomic E-state index is -1.75. The Morgan fingerprint density at radius 2 is 1.07 bits per heavy atom. The molecule has 16 N–H and O–H groups in total. The predicted molar refractivity (Wildman–Crippen MR) is 583 cm³/mol. The summed E-state index contributed by atoms with van der Waals surface area (Å²) in [6.45, 7) is 27.6. The topological polar surface area (TPSA) is 516 Å². The monoisotopic (exact) mass is 2220 g/mol. The van der Waals surface area contributed by atoms with Gasteiger partial charge < -0.3 is 118 Å². The second-order valence-electron chi connectivity index (χ2n) is 41.8. The highest BCUT2D eigenvalue weighted by Gasteiger charge is 2.47. The lowest BCUT2D eigenvalue weighted by molar-refractivity contribution is -0.155. The molecule has 0 bridgehead atoms. The zero-order valence-corrected chi connectivity index (χ0v) is 92.3. The molecule has 814 valence electrons. The number of nitrogens with one attached hydrogen (secondary N) is 11. The molecule has 39 heteroatoms. The molecule has 2 saturated heterocycles. The van der Waals surface area contributed by atoms with E-state index in [1.54, 1.807) is 136 Å². The van der Waals surface area contributed by atoms with Crippen LogP contribution in [0.2, 0.25) is 0 Å². The van der Waals surface area contributed by atoms with Crippen molar-refractivity contribution >= 4 is 127 Å². The number of rotatable bonds is 45. The first-order valence-electron chi connectivity index (χ1n) is 50.8. The second kappa shape index (κ2) is 57.8. The highest BCUT2D eigenvalue weighted by atomic mass is 127. The number of phenols is 1. The molecule has 2 aliphatic heterocycles. The molecule has 36 nitrogen and oxygen atoms in total. The molecular weight excluding hydrogens is 2070 g/mol. The van der Waals surface area contributed by atoms with Crippen molar-refractivity contribution in [2.24, 2.45) is 23.3 Å². The number of nitrogens with two attached hydrogens (primary N) is 2. The Hall–Kier alpha value is -12.3. The highest BCUT2D eigenvalue weighted by molar-refractivity contribution is 14.1. The number of hydrogen-bond acceptors (Lipinski definition) is 25. The fraction of sp³-hybridized carbons (Fsp3) is 0.495. The molecule has 2 heterocycles. The number of nitrogens with zero attached hydrogens (tertiary/aromatic N) is 2. The van der Waals surface area contributed by atoms with Crippen LogP contribution in [0, 0.1) is 15.4 Å². The van der Waals surface area contributed by atoms with Crippen LogP contribution >= 0.6 is 44.2 Å². The SMILES string of the molecule is CCC(C)[C@H](NC(=O)[C@H](Cc1ccc(OC(C)(C)C)cc1)NC(=O)[C@@H]1CSSC[C@H](NC(=O)[C@@H](CCC(=O)OC(C)(C)C)NC(=O)[C@H](Cc2ccc(OC(C)(C)C)cc2)NC(=O)COCCOCCN)C(=O)N2C[C@H](OC(C)(C)C)C[C@@H]2C(=O)N[C@@H](Cc2ccc(O)c(I)c2)C(=O)NCC(=O)N[C@@H](CC(C)C)C(=O)N1)C(=O)N[C@@H](CCC(=O)[N-]C(c1ccccc1)(c1ccccc1)c1ccccc1)C(=O)NCc1ccc(CN)cc1. The third-order valence-corrected chi connectivity index (χ3v) is 27.4. The van der Waals surface area contributed by atoms with Crippen molar-refractivity contribution in [2.75, 3.05) is 57.6 Å². The first-order chi connectivity index (χ1) is 71.0. The van der Waals surface area contributed by atoms with E-state index in [1.165, 1.54) is 17.0 Å². The Bertz CT molecular complexity index is 5560. The number of esters is 1. The number of benzene rings is 7. The largest absolute Gasteiger partial charge is 0.637 e. The number of aromatic hydroxyl groups is 1. The number of fused-ring (bicyclic) bond motifs is 1. The molecule has 0 radical (unpaired) electrons. The van der Waals surface area contributed by atoms with Crippen LogP contribution in [-0.4, -0.2) is 239 Å². The summed E-state index contributed by atoms with van der Waals surface area (Å²) >= 11 is 1.90. The van der Waals surface area contributed by atoms with Gasteiger partial charge >= 0.3 is 5.97 Å². The van der Waals surface area contributed by atoms with Crippen molar-refractivity contribution in [2.45, 2.75) is 283 Å². The van der Waals surface area contributed by atoms with Crippen LogP contribution in [-0.2, 0) is 124 Å². The van der Waals surface area contributed by atoms with Crippen molar-refractivity contribution < 1.29 is 101 Å². The summed E-state index contributed by atoms with van der Waals surface area (Å²) in [5.74, 6) is -13.2. The van der Waals surface area contributed by atoms with Crippen LogP contribution < -0.4 is 79.4 Å². The first kappa shape index (κ1) is 121. The average Bonchev–Trinajstić information content (AvgIpc) is 0.887. The maximum Gasteiger partial charge on any atom is 0.306 e. The van der Waals surface area contributed by atoms with Gasteiger partial charge in [-0.15, -0.1) is 0 Å². The molecule has 2 fully saturated rings. The van der Waals surface area contributed by atoms with E-state index in [9.17, 15) is 24.3 Å². The fourth-order valence-corrected chi connectivity index (χ4v) is 19.7. The minimum absolute atomic E-state index is 0.0133. The number of hydrogen-bond donors (Lipinski definition) is 14. The van der Waals surface area contributed by atoms with Gasteiger partial charge in [0.05, 0.1) is 47.5 Å². The zero-order valence-electron chi connectivity index (χ0n) is 88.5. The van der Waals surface area contributed by atoms with E-state index in [4.69, 9.17) is 45.2 Å². The molecule has 7 aromatic carbocycles. The van der Waals surface area contributed by atoms with Gasteiger partial charge in [0.2, 0.25) is 70.9 Å². The molecule has 0 aromatic heterocycles. The van der Waals surface area contributed by atoms with E-state index >= 15 is 47.9 Å². The molecular formula is C111H149IN15O21S2-.